The summed E-state index contributed by atoms with van der Waals surface area (Å²) in [5.74, 6) is 1.90. The minimum atomic E-state index is 0.498. The van der Waals surface area contributed by atoms with E-state index in [9.17, 15) is 0 Å². The fourth-order valence-electron chi connectivity index (χ4n) is 1.13. The van der Waals surface area contributed by atoms with Crippen LogP contribution in [-0.2, 0) is 0 Å². The SMILES string of the molecule is CC(C)CCC(C=N)C(C)C. The Morgan fingerprint density at radius 2 is 1.64 bits per heavy atom. The highest BCUT2D eigenvalue weighted by atomic mass is 14.4. The molecule has 0 heterocycles. The van der Waals surface area contributed by atoms with Gasteiger partial charge in [-0.25, -0.2) is 0 Å². The lowest BCUT2D eigenvalue weighted by molar-refractivity contribution is 0.420. The Balaban J connectivity index is 3.61. The zero-order valence-corrected chi connectivity index (χ0v) is 8.22. The summed E-state index contributed by atoms with van der Waals surface area (Å²) in [4.78, 5) is 0. The summed E-state index contributed by atoms with van der Waals surface area (Å²) >= 11 is 0. The lowest BCUT2D eigenvalue weighted by atomic mass is 9.90. The Bertz CT molecular complexity index is 105. The number of hydrogen-bond acceptors (Lipinski definition) is 1. The van der Waals surface area contributed by atoms with Crippen LogP contribution in [0.2, 0.25) is 0 Å². The molecule has 0 spiro atoms. The predicted octanol–water partition coefficient (Wildman–Crippen LogP) is 3.34. The van der Waals surface area contributed by atoms with E-state index >= 15 is 0 Å². The van der Waals surface area contributed by atoms with Gasteiger partial charge in [-0.2, -0.15) is 0 Å². The summed E-state index contributed by atoms with van der Waals surface area (Å²) in [5, 5.41) is 7.21. The minimum Gasteiger partial charge on any atom is -0.313 e. The van der Waals surface area contributed by atoms with Crippen LogP contribution in [0.1, 0.15) is 40.5 Å². The number of nitrogens with one attached hydrogen (secondary N) is 1. The molecule has 0 aliphatic carbocycles. The quantitative estimate of drug-likeness (QED) is 0.589. The van der Waals surface area contributed by atoms with Gasteiger partial charge in [0.1, 0.15) is 0 Å². The molecule has 0 aromatic carbocycles. The van der Waals surface area contributed by atoms with E-state index in [1.54, 1.807) is 6.21 Å². The van der Waals surface area contributed by atoms with Gasteiger partial charge < -0.3 is 5.41 Å². The van der Waals surface area contributed by atoms with Gasteiger partial charge in [-0.3, -0.25) is 0 Å². The van der Waals surface area contributed by atoms with Crippen molar-refractivity contribution >= 4 is 6.21 Å². The maximum absolute atomic E-state index is 7.21. The first-order valence-electron chi connectivity index (χ1n) is 4.58. The van der Waals surface area contributed by atoms with Gasteiger partial charge in [0, 0.05) is 0 Å². The van der Waals surface area contributed by atoms with E-state index in [0.717, 1.165) is 5.92 Å². The van der Waals surface area contributed by atoms with Gasteiger partial charge in [0.2, 0.25) is 0 Å². The third-order valence-corrected chi connectivity index (χ3v) is 2.15. The molecule has 66 valence electrons. The van der Waals surface area contributed by atoms with Crippen molar-refractivity contribution < 1.29 is 0 Å². The van der Waals surface area contributed by atoms with E-state index in [1.807, 2.05) is 0 Å². The van der Waals surface area contributed by atoms with Crippen LogP contribution in [0.4, 0.5) is 0 Å². The zero-order chi connectivity index (χ0) is 8.85. The molecule has 1 heteroatoms. The van der Waals surface area contributed by atoms with Crippen molar-refractivity contribution in [3.63, 3.8) is 0 Å². The average Bonchev–Trinajstić information content (AvgIpc) is 1.87. The second kappa shape index (κ2) is 5.34. The van der Waals surface area contributed by atoms with Crippen LogP contribution in [0, 0.1) is 23.2 Å². The van der Waals surface area contributed by atoms with Gasteiger partial charge in [0.15, 0.2) is 0 Å². The second-order valence-corrected chi connectivity index (χ2v) is 4.05. The van der Waals surface area contributed by atoms with Gasteiger partial charge in [0.05, 0.1) is 0 Å². The monoisotopic (exact) mass is 155 g/mol. The third-order valence-electron chi connectivity index (χ3n) is 2.15. The molecule has 1 atom stereocenters. The Labute approximate surface area is 70.7 Å². The Kier molecular flexibility index (Phi) is 5.18. The standard InChI is InChI=1S/C10H21N/c1-8(2)5-6-10(7-11)9(3)4/h7-11H,5-6H2,1-4H3. The van der Waals surface area contributed by atoms with E-state index in [-0.39, 0.29) is 0 Å². The van der Waals surface area contributed by atoms with E-state index in [1.165, 1.54) is 12.8 Å². The first kappa shape index (κ1) is 10.7. The highest BCUT2D eigenvalue weighted by Gasteiger charge is 2.10. The Morgan fingerprint density at radius 3 is 1.91 bits per heavy atom. The highest BCUT2D eigenvalue weighted by Crippen LogP contribution is 2.17. The molecule has 0 saturated heterocycles. The molecule has 11 heavy (non-hydrogen) atoms. The van der Waals surface area contributed by atoms with Crippen molar-refractivity contribution in [2.24, 2.45) is 17.8 Å². The van der Waals surface area contributed by atoms with Crippen molar-refractivity contribution in [1.82, 2.24) is 0 Å². The minimum absolute atomic E-state index is 0.498. The molecule has 0 radical (unpaired) electrons. The topological polar surface area (TPSA) is 23.9 Å². The predicted molar refractivity (Wildman–Crippen MR) is 51.2 cm³/mol. The molecular weight excluding hydrogens is 134 g/mol. The van der Waals surface area contributed by atoms with Crippen molar-refractivity contribution in [3.8, 4) is 0 Å². The normalized spacial score (nSPS) is 14.0. The summed E-state index contributed by atoms with van der Waals surface area (Å²) in [5.41, 5.74) is 0. The van der Waals surface area contributed by atoms with Gasteiger partial charge >= 0.3 is 0 Å². The summed E-state index contributed by atoms with van der Waals surface area (Å²) in [6.07, 6.45) is 4.03. The van der Waals surface area contributed by atoms with Crippen molar-refractivity contribution in [3.05, 3.63) is 0 Å². The molecule has 0 saturated carbocycles. The van der Waals surface area contributed by atoms with Crippen LogP contribution in [0.15, 0.2) is 0 Å². The molecule has 0 amide bonds. The molecule has 0 bridgehead atoms. The summed E-state index contributed by atoms with van der Waals surface area (Å²) in [6.45, 7) is 8.86. The first-order chi connectivity index (χ1) is 5.07. The van der Waals surface area contributed by atoms with Crippen LogP contribution < -0.4 is 0 Å². The molecule has 1 N–H and O–H groups in total. The highest BCUT2D eigenvalue weighted by molar-refractivity contribution is 5.56. The summed E-state index contributed by atoms with van der Waals surface area (Å²) in [6, 6.07) is 0. The van der Waals surface area contributed by atoms with Crippen molar-refractivity contribution in [2.45, 2.75) is 40.5 Å². The second-order valence-electron chi connectivity index (χ2n) is 4.05. The van der Waals surface area contributed by atoms with Gasteiger partial charge in [0.25, 0.3) is 0 Å². The zero-order valence-electron chi connectivity index (χ0n) is 8.22. The number of hydrogen-bond donors (Lipinski definition) is 1. The third kappa shape index (κ3) is 5.00. The van der Waals surface area contributed by atoms with Crippen LogP contribution in [0.25, 0.3) is 0 Å². The fourth-order valence-corrected chi connectivity index (χ4v) is 1.13. The van der Waals surface area contributed by atoms with Gasteiger partial charge in [-0.15, -0.1) is 0 Å². The maximum Gasteiger partial charge on any atom is -0.00142 e. The smallest absolute Gasteiger partial charge is 0.00142 e. The fraction of sp³-hybridized carbons (Fsp3) is 0.900. The molecule has 0 aromatic heterocycles. The van der Waals surface area contributed by atoms with Crippen molar-refractivity contribution in [2.75, 3.05) is 0 Å². The van der Waals surface area contributed by atoms with Gasteiger partial charge in [-0.05, 0) is 30.4 Å². The molecule has 0 aliphatic heterocycles. The molecule has 0 rings (SSSR count). The van der Waals surface area contributed by atoms with Crippen molar-refractivity contribution in [1.29, 1.82) is 5.41 Å². The van der Waals surface area contributed by atoms with E-state index in [0.29, 0.717) is 11.8 Å². The maximum atomic E-state index is 7.21. The molecule has 0 aromatic rings. The van der Waals surface area contributed by atoms with Crippen LogP contribution >= 0.6 is 0 Å². The Hall–Kier alpha value is -0.330. The summed E-state index contributed by atoms with van der Waals surface area (Å²) in [7, 11) is 0. The van der Waals surface area contributed by atoms with E-state index in [2.05, 4.69) is 27.7 Å². The van der Waals surface area contributed by atoms with Crippen LogP contribution in [-0.4, -0.2) is 6.21 Å². The van der Waals surface area contributed by atoms with E-state index in [4.69, 9.17) is 5.41 Å². The first-order valence-corrected chi connectivity index (χ1v) is 4.58. The molecular formula is C10H21N. The molecule has 0 fully saturated rings. The molecule has 0 aliphatic rings. The molecule has 1 unspecified atom stereocenters. The molecule has 1 nitrogen and oxygen atoms in total. The van der Waals surface area contributed by atoms with Crippen LogP contribution in [0.5, 0.6) is 0 Å². The largest absolute Gasteiger partial charge is 0.313 e. The lowest BCUT2D eigenvalue weighted by Crippen LogP contribution is -2.10. The number of rotatable bonds is 5. The van der Waals surface area contributed by atoms with Crippen LogP contribution in [0.3, 0.4) is 0 Å². The average molecular weight is 155 g/mol. The Morgan fingerprint density at radius 1 is 1.09 bits per heavy atom. The van der Waals surface area contributed by atoms with Gasteiger partial charge in [-0.1, -0.05) is 34.1 Å². The lowest BCUT2D eigenvalue weighted by Gasteiger charge is -2.16. The van der Waals surface area contributed by atoms with E-state index < -0.39 is 0 Å². The summed E-state index contributed by atoms with van der Waals surface area (Å²) < 4.78 is 0.